The summed E-state index contributed by atoms with van der Waals surface area (Å²) >= 11 is 0. The average molecular weight is 333 g/mol. The molecule has 1 aromatic heterocycles. The molecule has 2 aromatic rings. The Kier molecular flexibility index (Phi) is 7.14. The molecule has 0 radical (unpaired) electrons. The first-order valence-electron chi connectivity index (χ1n) is 6.47. The zero-order valence-corrected chi connectivity index (χ0v) is 12.5. The summed E-state index contributed by atoms with van der Waals surface area (Å²) in [5.74, 6) is 0.495. The van der Waals surface area contributed by atoms with E-state index in [2.05, 4.69) is 10.3 Å². The standard InChI is InChI=1S/C15H15F3N2O.ClH/c16-15(17,18)13-6-2-1-5-12(13)11-19-9-10-21-14-7-3-4-8-20-14;/h1-8,19H,9-11H2;1H. The molecule has 0 spiro atoms. The van der Waals surface area contributed by atoms with Crippen LogP contribution in [0.4, 0.5) is 13.2 Å². The summed E-state index contributed by atoms with van der Waals surface area (Å²) in [7, 11) is 0. The van der Waals surface area contributed by atoms with Crippen LogP contribution in [0.2, 0.25) is 0 Å². The normalized spacial score (nSPS) is 10.9. The van der Waals surface area contributed by atoms with Crippen LogP contribution in [0.5, 0.6) is 5.88 Å². The maximum Gasteiger partial charge on any atom is 0.416 e. The van der Waals surface area contributed by atoms with Gasteiger partial charge in [0.05, 0.1) is 5.56 Å². The lowest BCUT2D eigenvalue weighted by atomic mass is 10.1. The number of nitrogens with zero attached hydrogens (tertiary/aromatic N) is 1. The molecule has 0 atom stereocenters. The van der Waals surface area contributed by atoms with Crippen molar-refractivity contribution in [3.63, 3.8) is 0 Å². The number of hydrogen-bond donors (Lipinski definition) is 1. The van der Waals surface area contributed by atoms with Crippen LogP contribution in [0.15, 0.2) is 48.7 Å². The SMILES string of the molecule is Cl.FC(F)(F)c1ccccc1CNCCOc1ccccn1. The Morgan fingerprint density at radius 3 is 2.45 bits per heavy atom. The fourth-order valence-corrected chi connectivity index (χ4v) is 1.83. The molecular weight excluding hydrogens is 317 g/mol. The molecule has 0 amide bonds. The van der Waals surface area contributed by atoms with Crippen molar-refractivity contribution in [2.45, 2.75) is 12.7 Å². The fraction of sp³-hybridized carbons (Fsp3) is 0.267. The van der Waals surface area contributed by atoms with E-state index in [1.807, 2.05) is 0 Å². The Balaban J connectivity index is 0.00000242. The maximum atomic E-state index is 12.8. The lowest BCUT2D eigenvalue weighted by molar-refractivity contribution is -0.138. The summed E-state index contributed by atoms with van der Waals surface area (Å²) in [5.41, 5.74) is -0.383. The number of nitrogens with one attached hydrogen (secondary N) is 1. The summed E-state index contributed by atoms with van der Waals surface area (Å²) in [6.45, 7) is 0.912. The van der Waals surface area contributed by atoms with E-state index in [0.717, 1.165) is 6.07 Å². The van der Waals surface area contributed by atoms with Gasteiger partial charge in [-0.1, -0.05) is 24.3 Å². The molecule has 0 fully saturated rings. The molecule has 0 aliphatic carbocycles. The summed E-state index contributed by atoms with van der Waals surface area (Å²) in [6.07, 6.45) is -2.72. The van der Waals surface area contributed by atoms with Crippen molar-refractivity contribution < 1.29 is 17.9 Å². The van der Waals surface area contributed by atoms with Crippen LogP contribution < -0.4 is 10.1 Å². The molecule has 0 saturated carbocycles. The number of halogens is 4. The lowest BCUT2D eigenvalue weighted by Gasteiger charge is -2.13. The molecule has 7 heteroatoms. The van der Waals surface area contributed by atoms with Gasteiger partial charge in [-0.3, -0.25) is 0 Å². The van der Waals surface area contributed by atoms with E-state index in [1.165, 1.54) is 12.1 Å². The minimum atomic E-state index is -4.33. The van der Waals surface area contributed by atoms with E-state index in [9.17, 15) is 13.2 Å². The molecule has 120 valence electrons. The molecule has 22 heavy (non-hydrogen) atoms. The monoisotopic (exact) mass is 332 g/mol. The van der Waals surface area contributed by atoms with Crippen LogP contribution in [0.3, 0.4) is 0 Å². The van der Waals surface area contributed by atoms with Gasteiger partial charge < -0.3 is 10.1 Å². The molecule has 3 nitrogen and oxygen atoms in total. The van der Waals surface area contributed by atoms with Gasteiger partial charge in [-0.2, -0.15) is 13.2 Å². The maximum absolute atomic E-state index is 12.8. The highest BCUT2D eigenvalue weighted by atomic mass is 35.5. The van der Waals surface area contributed by atoms with Crippen LogP contribution >= 0.6 is 12.4 Å². The third-order valence-electron chi connectivity index (χ3n) is 2.80. The van der Waals surface area contributed by atoms with Crippen LogP contribution in [0.25, 0.3) is 0 Å². The molecule has 0 bridgehead atoms. The second-order valence-corrected chi connectivity index (χ2v) is 4.35. The largest absolute Gasteiger partial charge is 0.476 e. The third kappa shape index (κ3) is 5.54. The van der Waals surface area contributed by atoms with Crippen LogP contribution in [0.1, 0.15) is 11.1 Å². The molecule has 1 aromatic carbocycles. The van der Waals surface area contributed by atoms with E-state index >= 15 is 0 Å². The van der Waals surface area contributed by atoms with Crippen LogP contribution in [0, 0.1) is 0 Å². The van der Waals surface area contributed by atoms with E-state index in [1.54, 1.807) is 30.5 Å². The summed E-state index contributed by atoms with van der Waals surface area (Å²) in [6, 6.07) is 10.8. The molecule has 0 aliphatic rings. The molecule has 1 heterocycles. The number of ether oxygens (including phenoxy) is 1. The predicted molar refractivity (Wildman–Crippen MR) is 80.1 cm³/mol. The first kappa shape index (κ1) is 18.3. The number of hydrogen-bond acceptors (Lipinski definition) is 3. The molecular formula is C15H16ClF3N2O. The summed E-state index contributed by atoms with van der Waals surface area (Å²) < 4.78 is 43.7. The van der Waals surface area contributed by atoms with Crippen molar-refractivity contribution in [3.05, 3.63) is 59.8 Å². The van der Waals surface area contributed by atoms with Crippen molar-refractivity contribution in [3.8, 4) is 5.88 Å². The van der Waals surface area contributed by atoms with Gasteiger partial charge in [-0.25, -0.2) is 4.98 Å². The van der Waals surface area contributed by atoms with Gasteiger partial charge >= 0.3 is 6.18 Å². The number of alkyl halides is 3. The second-order valence-electron chi connectivity index (χ2n) is 4.35. The van der Waals surface area contributed by atoms with E-state index in [4.69, 9.17) is 4.74 Å². The smallest absolute Gasteiger partial charge is 0.416 e. The number of aromatic nitrogens is 1. The van der Waals surface area contributed by atoms with Gasteiger partial charge in [-0.05, 0) is 17.7 Å². The van der Waals surface area contributed by atoms with Gasteiger partial charge in [0.1, 0.15) is 6.61 Å². The van der Waals surface area contributed by atoms with E-state index in [0.29, 0.717) is 19.0 Å². The topological polar surface area (TPSA) is 34.1 Å². The van der Waals surface area contributed by atoms with Crippen molar-refractivity contribution in [1.29, 1.82) is 0 Å². The zero-order valence-electron chi connectivity index (χ0n) is 11.6. The highest BCUT2D eigenvalue weighted by molar-refractivity contribution is 5.85. The van der Waals surface area contributed by atoms with Gasteiger partial charge in [0, 0.05) is 25.4 Å². The van der Waals surface area contributed by atoms with Crippen molar-refractivity contribution in [1.82, 2.24) is 10.3 Å². The van der Waals surface area contributed by atoms with Gasteiger partial charge in [0.2, 0.25) is 5.88 Å². The van der Waals surface area contributed by atoms with Crippen molar-refractivity contribution in [2.75, 3.05) is 13.2 Å². The van der Waals surface area contributed by atoms with Crippen LogP contribution in [-0.4, -0.2) is 18.1 Å². The average Bonchev–Trinajstić information content (AvgIpc) is 2.47. The molecule has 1 N–H and O–H groups in total. The quantitative estimate of drug-likeness (QED) is 0.819. The van der Waals surface area contributed by atoms with Gasteiger partial charge in [-0.15, -0.1) is 12.4 Å². The van der Waals surface area contributed by atoms with E-state index < -0.39 is 11.7 Å². The first-order valence-corrected chi connectivity index (χ1v) is 6.47. The summed E-state index contributed by atoms with van der Waals surface area (Å²) in [5, 5.41) is 2.93. The van der Waals surface area contributed by atoms with Crippen molar-refractivity contribution >= 4 is 12.4 Å². The van der Waals surface area contributed by atoms with Gasteiger partial charge in [0.25, 0.3) is 0 Å². The first-order chi connectivity index (χ1) is 10.1. The lowest BCUT2D eigenvalue weighted by Crippen LogP contribution is -2.22. The highest BCUT2D eigenvalue weighted by Crippen LogP contribution is 2.31. The number of pyridine rings is 1. The molecule has 0 unspecified atom stereocenters. The predicted octanol–water partition coefficient (Wildman–Crippen LogP) is 3.69. The minimum Gasteiger partial charge on any atom is -0.476 e. The Morgan fingerprint density at radius 1 is 1.05 bits per heavy atom. The molecule has 2 rings (SSSR count). The number of rotatable bonds is 6. The van der Waals surface area contributed by atoms with E-state index in [-0.39, 0.29) is 24.5 Å². The summed E-state index contributed by atoms with van der Waals surface area (Å²) in [4.78, 5) is 3.98. The second kappa shape index (κ2) is 8.60. The molecule has 0 saturated heterocycles. The Labute approximate surface area is 132 Å². The van der Waals surface area contributed by atoms with Gasteiger partial charge in [0.15, 0.2) is 0 Å². The Bertz CT molecular complexity index is 564. The molecule has 0 aliphatic heterocycles. The van der Waals surface area contributed by atoms with Crippen molar-refractivity contribution in [2.24, 2.45) is 0 Å². The Hall–Kier alpha value is -1.79. The zero-order chi connectivity index (χ0) is 15.1. The number of benzene rings is 1. The fourth-order valence-electron chi connectivity index (χ4n) is 1.83. The highest BCUT2D eigenvalue weighted by Gasteiger charge is 2.32. The third-order valence-corrected chi connectivity index (χ3v) is 2.80. The van der Waals surface area contributed by atoms with Crippen LogP contribution in [-0.2, 0) is 12.7 Å². The minimum absolute atomic E-state index is 0. The Morgan fingerprint density at radius 2 is 1.77 bits per heavy atom.